The maximum absolute atomic E-state index is 11.9. The number of hydrogen-bond donors (Lipinski definition) is 2. The van der Waals surface area contributed by atoms with Crippen LogP contribution in [0.1, 0.15) is 29.5 Å². The lowest BCUT2D eigenvalue weighted by molar-refractivity contribution is 0.0925. The van der Waals surface area contributed by atoms with Crippen molar-refractivity contribution in [2.24, 2.45) is 11.8 Å². The van der Waals surface area contributed by atoms with Crippen molar-refractivity contribution >= 4 is 16.9 Å². The molecule has 1 aromatic heterocycles. The van der Waals surface area contributed by atoms with Crippen LogP contribution < -0.4 is 11.3 Å². The molecule has 0 saturated carbocycles. The molecule has 0 spiro atoms. The third-order valence-corrected chi connectivity index (χ3v) is 3.93. The van der Waals surface area contributed by atoms with Gasteiger partial charge in [0.2, 0.25) is 0 Å². The molecule has 106 valence electrons. The Morgan fingerprint density at radius 2 is 2.30 bits per heavy atom. The van der Waals surface area contributed by atoms with Crippen LogP contribution in [0.2, 0.25) is 0 Å². The zero-order chi connectivity index (χ0) is 14.1. The van der Waals surface area contributed by atoms with Gasteiger partial charge in [-0.15, -0.1) is 0 Å². The second-order valence-electron chi connectivity index (χ2n) is 5.51. The van der Waals surface area contributed by atoms with Crippen LogP contribution in [0.15, 0.2) is 28.7 Å². The molecule has 1 aliphatic rings. The smallest absolute Gasteiger partial charge is 0.301 e. The summed E-state index contributed by atoms with van der Waals surface area (Å²) in [6.45, 7) is 5.10. The molecule has 0 radical (unpaired) electrons. The highest BCUT2D eigenvalue weighted by molar-refractivity contribution is 5.98. The number of hydrogen-bond acceptors (Lipinski definition) is 4. The summed E-state index contributed by atoms with van der Waals surface area (Å²) in [6.07, 6.45) is 1.20. The van der Waals surface area contributed by atoms with Crippen LogP contribution in [0.25, 0.3) is 11.0 Å². The number of benzene rings is 1. The molecule has 1 amide bonds. The Balaban J connectivity index is 2.00. The summed E-state index contributed by atoms with van der Waals surface area (Å²) in [5.41, 5.74) is 3.82. The molecule has 2 heterocycles. The number of nitrogens with two attached hydrogens (primary N) is 1. The van der Waals surface area contributed by atoms with Crippen LogP contribution in [-0.4, -0.2) is 23.9 Å². The van der Waals surface area contributed by atoms with Crippen LogP contribution in [0, 0.1) is 5.92 Å². The van der Waals surface area contributed by atoms with Gasteiger partial charge in [-0.1, -0.05) is 25.1 Å². The number of hydrazine groups is 1. The third kappa shape index (κ3) is 2.30. The Labute approximate surface area is 117 Å². The third-order valence-electron chi connectivity index (χ3n) is 3.93. The Kier molecular flexibility index (Phi) is 3.46. The first-order chi connectivity index (χ1) is 9.69. The van der Waals surface area contributed by atoms with Gasteiger partial charge in [-0.2, -0.15) is 0 Å². The maximum atomic E-state index is 11.9. The van der Waals surface area contributed by atoms with E-state index in [9.17, 15) is 4.79 Å². The van der Waals surface area contributed by atoms with E-state index in [1.54, 1.807) is 0 Å². The van der Waals surface area contributed by atoms with E-state index in [4.69, 9.17) is 10.3 Å². The fourth-order valence-electron chi connectivity index (χ4n) is 2.90. The molecule has 2 aromatic rings. The van der Waals surface area contributed by atoms with E-state index in [2.05, 4.69) is 17.2 Å². The van der Waals surface area contributed by atoms with Crippen molar-refractivity contribution in [3.63, 3.8) is 0 Å². The molecule has 1 atom stereocenters. The summed E-state index contributed by atoms with van der Waals surface area (Å²) in [6, 6.07) is 7.72. The van der Waals surface area contributed by atoms with E-state index < -0.39 is 0 Å². The fraction of sp³-hybridized carbons (Fsp3) is 0.400. The second-order valence-corrected chi connectivity index (χ2v) is 5.51. The van der Waals surface area contributed by atoms with Crippen LogP contribution in [-0.2, 0) is 6.54 Å². The van der Waals surface area contributed by atoms with Crippen molar-refractivity contribution in [1.82, 2.24) is 10.3 Å². The number of rotatable bonds is 3. The SMILES string of the molecule is CC1CCN(Cc2c(C(=O)NN)oc3ccccc23)C1. The van der Waals surface area contributed by atoms with Crippen molar-refractivity contribution in [2.75, 3.05) is 13.1 Å². The van der Waals surface area contributed by atoms with Crippen LogP contribution in [0.4, 0.5) is 0 Å². The largest absolute Gasteiger partial charge is 0.451 e. The quantitative estimate of drug-likeness (QED) is 0.509. The average Bonchev–Trinajstić information content (AvgIpc) is 3.03. The minimum Gasteiger partial charge on any atom is -0.451 e. The van der Waals surface area contributed by atoms with Crippen molar-refractivity contribution in [1.29, 1.82) is 0 Å². The van der Waals surface area contributed by atoms with Gasteiger partial charge < -0.3 is 4.42 Å². The number of nitrogens with one attached hydrogen (secondary N) is 1. The first kappa shape index (κ1) is 13.1. The van der Waals surface area contributed by atoms with Gasteiger partial charge in [-0.25, -0.2) is 5.84 Å². The molecule has 1 unspecified atom stereocenters. The number of carbonyl (C=O) groups is 1. The van der Waals surface area contributed by atoms with Crippen molar-refractivity contribution in [3.8, 4) is 0 Å². The summed E-state index contributed by atoms with van der Waals surface area (Å²) >= 11 is 0. The fourth-order valence-corrected chi connectivity index (χ4v) is 2.90. The molecule has 1 saturated heterocycles. The van der Waals surface area contributed by atoms with Crippen molar-refractivity contribution < 1.29 is 9.21 Å². The molecule has 1 aromatic carbocycles. The lowest BCUT2D eigenvalue weighted by Crippen LogP contribution is -2.31. The normalized spacial score (nSPS) is 19.6. The predicted octanol–water partition coefficient (Wildman–Crippen LogP) is 1.88. The van der Waals surface area contributed by atoms with Gasteiger partial charge in [-0.05, 0) is 24.9 Å². The molecule has 3 rings (SSSR count). The molecular formula is C15H19N3O2. The Hall–Kier alpha value is -1.85. The van der Waals surface area contributed by atoms with E-state index in [0.29, 0.717) is 11.7 Å². The molecule has 3 N–H and O–H groups in total. The van der Waals surface area contributed by atoms with E-state index in [-0.39, 0.29) is 5.91 Å². The second kappa shape index (κ2) is 5.26. The summed E-state index contributed by atoms with van der Waals surface area (Å²) in [5.74, 6) is 5.92. The minimum atomic E-state index is -0.372. The highest BCUT2D eigenvalue weighted by Gasteiger charge is 2.25. The zero-order valence-electron chi connectivity index (χ0n) is 11.6. The van der Waals surface area contributed by atoms with Crippen LogP contribution >= 0.6 is 0 Å². The number of likely N-dealkylation sites (tertiary alicyclic amines) is 1. The lowest BCUT2D eigenvalue weighted by atomic mass is 10.1. The van der Waals surface area contributed by atoms with E-state index in [1.807, 2.05) is 24.3 Å². The van der Waals surface area contributed by atoms with Crippen molar-refractivity contribution in [3.05, 3.63) is 35.6 Å². The minimum absolute atomic E-state index is 0.327. The standard InChI is InChI=1S/C15H19N3O2/c1-10-6-7-18(8-10)9-12-11-4-2-3-5-13(11)20-14(12)15(19)17-16/h2-5,10H,6-9,16H2,1H3,(H,17,19). The van der Waals surface area contributed by atoms with Crippen LogP contribution in [0.3, 0.4) is 0 Å². The number of amides is 1. The number of fused-ring (bicyclic) bond motifs is 1. The predicted molar refractivity (Wildman–Crippen MR) is 76.9 cm³/mol. The van der Waals surface area contributed by atoms with E-state index in [0.717, 1.165) is 36.2 Å². The first-order valence-corrected chi connectivity index (χ1v) is 6.92. The van der Waals surface area contributed by atoms with Gasteiger partial charge >= 0.3 is 5.91 Å². The number of carbonyl (C=O) groups excluding carboxylic acids is 1. The number of nitrogen functional groups attached to an aromatic ring is 1. The van der Waals surface area contributed by atoms with Gasteiger partial charge in [0, 0.05) is 24.0 Å². The van der Waals surface area contributed by atoms with E-state index in [1.165, 1.54) is 6.42 Å². The molecule has 1 fully saturated rings. The Morgan fingerprint density at radius 3 is 3.00 bits per heavy atom. The number of furan rings is 1. The molecule has 0 aliphatic carbocycles. The Bertz CT molecular complexity index is 635. The zero-order valence-corrected chi connectivity index (χ0v) is 11.6. The molecule has 1 aliphatic heterocycles. The molecule has 5 heteroatoms. The van der Waals surface area contributed by atoms with Crippen LogP contribution in [0.5, 0.6) is 0 Å². The van der Waals surface area contributed by atoms with Gasteiger partial charge in [0.1, 0.15) is 5.58 Å². The van der Waals surface area contributed by atoms with Gasteiger partial charge in [0.25, 0.3) is 0 Å². The summed E-state index contributed by atoms with van der Waals surface area (Å²) < 4.78 is 5.67. The van der Waals surface area contributed by atoms with Crippen molar-refractivity contribution in [2.45, 2.75) is 19.9 Å². The monoisotopic (exact) mass is 273 g/mol. The molecule has 20 heavy (non-hydrogen) atoms. The number of nitrogens with zero attached hydrogens (tertiary/aromatic N) is 1. The summed E-state index contributed by atoms with van der Waals surface area (Å²) in [7, 11) is 0. The lowest BCUT2D eigenvalue weighted by Gasteiger charge is -2.15. The highest BCUT2D eigenvalue weighted by atomic mass is 16.3. The van der Waals surface area contributed by atoms with E-state index >= 15 is 0 Å². The van der Waals surface area contributed by atoms with Gasteiger partial charge in [0.05, 0.1) is 0 Å². The maximum Gasteiger partial charge on any atom is 0.301 e. The summed E-state index contributed by atoms with van der Waals surface area (Å²) in [4.78, 5) is 14.3. The molecule has 5 nitrogen and oxygen atoms in total. The van der Waals surface area contributed by atoms with Gasteiger partial charge in [0.15, 0.2) is 5.76 Å². The first-order valence-electron chi connectivity index (χ1n) is 6.92. The molecule has 0 bridgehead atoms. The topological polar surface area (TPSA) is 71.5 Å². The highest BCUT2D eigenvalue weighted by Crippen LogP contribution is 2.28. The Morgan fingerprint density at radius 1 is 1.50 bits per heavy atom. The van der Waals surface area contributed by atoms with Gasteiger partial charge in [-0.3, -0.25) is 15.1 Å². The summed E-state index contributed by atoms with van der Waals surface area (Å²) in [5, 5.41) is 0.991. The average molecular weight is 273 g/mol. The molecular weight excluding hydrogens is 254 g/mol. The number of para-hydroxylation sites is 1.